The number of phenolic OH excluding ortho intramolecular Hbond substituents is 1. The molecule has 0 aliphatic carbocycles. The SMILES string of the molecule is N#CC1(c2ccccc2O)CCN(C=O)CC1. The fraction of sp³-hybridized carbons (Fsp3) is 0.385. The van der Waals surface area contributed by atoms with Crippen molar-refractivity contribution in [2.45, 2.75) is 18.3 Å². The third-order valence-electron chi connectivity index (χ3n) is 3.43. The van der Waals surface area contributed by atoms with E-state index >= 15 is 0 Å². The minimum Gasteiger partial charge on any atom is -0.508 e. The van der Waals surface area contributed by atoms with Gasteiger partial charge >= 0.3 is 0 Å². The van der Waals surface area contributed by atoms with Crippen molar-refractivity contribution in [2.75, 3.05) is 13.1 Å². The van der Waals surface area contributed by atoms with E-state index in [2.05, 4.69) is 6.07 Å². The Morgan fingerprint density at radius 3 is 2.53 bits per heavy atom. The monoisotopic (exact) mass is 230 g/mol. The molecular formula is C13H14N2O2. The highest BCUT2D eigenvalue weighted by Crippen LogP contribution is 2.38. The lowest BCUT2D eigenvalue weighted by Gasteiger charge is -2.36. The number of rotatable bonds is 2. The lowest BCUT2D eigenvalue weighted by molar-refractivity contribution is -0.119. The van der Waals surface area contributed by atoms with E-state index in [1.54, 1.807) is 23.1 Å². The zero-order valence-corrected chi connectivity index (χ0v) is 9.47. The van der Waals surface area contributed by atoms with Crippen molar-refractivity contribution >= 4 is 6.41 Å². The highest BCUT2D eigenvalue weighted by atomic mass is 16.3. The lowest BCUT2D eigenvalue weighted by Crippen LogP contribution is -2.41. The molecule has 1 aliphatic rings. The Labute approximate surface area is 100 Å². The van der Waals surface area contributed by atoms with Gasteiger partial charge in [-0.15, -0.1) is 0 Å². The molecule has 1 heterocycles. The number of carbonyl (C=O) groups excluding carboxylic acids is 1. The van der Waals surface area contributed by atoms with Crippen LogP contribution in [0, 0.1) is 11.3 Å². The molecule has 0 bridgehead atoms. The summed E-state index contributed by atoms with van der Waals surface area (Å²) >= 11 is 0. The number of nitrogens with zero attached hydrogens (tertiary/aromatic N) is 2. The van der Waals surface area contributed by atoms with Gasteiger partial charge in [0.05, 0.1) is 11.5 Å². The average Bonchev–Trinajstić information content (AvgIpc) is 2.39. The zero-order valence-electron chi connectivity index (χ0n) is 9.47. The van der Waals surface area contributed by atoms with Crippen LogP contribution >= 0.6 is 0 Å². The Morgan fingerprint density at radius 1 is 1.35 bits per heavy atom. The van der Waals surface area contributed by atoms with Crippen LogP contribution in [0.3, 0.4) is 0 Å². The molecule has 0 spiro atoms. The Kier molecular flexibility index (Phi) is 3.01. The van der Waals surface area contributed by atoms with E-state index in [0.717, 1.165) is 6.41 Å². The maximum atomic E-state index is 10.7. The smallest absolute Gasteiger partial charge is 0.209 e. The van der Waals surface area contributed by atoms with Gasteiger partial charge in [-0.2, -0.15) is 5.26 Å². The van der Waals surface area contributed by atoms with Gasteiger partial charge in [0.1, 0.15) is 5.75 Å². The van der Waals surface area contributed by atoms with Crippen LogP contribution in [-0.4, -0.2) is 29.5 Å². The highest BCUT2D eigenvalue weighted by Gasteiger charge is 2.37. The molecule has 4 heteroatoms. The second-order valence-electron chi connectivity index (χ2n) is 4.35. The summed E-state index contributed by atoms with van der Waals surface area (Å²) < 4.78 is 0. The third-order valence-corrected chi connectivity index (χ3v) is 3.43. The summed E-state index contributed by atoms with van der Waals surface area (Å²) in [6.45, 7) is 1.12. The summed E-state index contributed by atoms with van der Waals surface area (Å²) in [5.74, 6) is 0.161. The number of likely N-dealkylation sites (tertiary alicyclic amines) is 1. The van der Waals surface area contributed by atoms with E-state index in [1.165, 1.54) is 0 Å². The molecule has 1 aliphatic heterocycles. The maximum absolute atomic E-state index is 10.7. The van der Waals surface area contributed by atoms with Crippen LogP contribution < -0.4 is 0 Å². The van der Waals surface area contributed by atoms with Gasteiger partial charge in [-0.3, -0.25) is 4.79 Å². The Bertz CT molecular complexity index is 457. The van der Waals surface area contributed by atoms with E-state index in [0.29, 0.717) is 31.5 Å². The molecule has 1 aromatic carbocycles. The zero-order chi connectivity index (χ0) is 12.3. The Hall–Kier alpha value is -2.02. The fourth-order valence-corrected chi connectivity index (χ4v) is 2.33. The van der Waals surface area contributed by atoms with Gasteiger partial charge in [0.15, 0.2) is 0 Å². The predicted octanol–water partition coefficient (Wildman–Crippen LogP) is 1.41. The standard InChI is InChI=1S/C13H14N2O2/c14-9-13(5-7-15(10-16)8-6-13)11-3-1-2-4-12(11)17/h1-4,10,17H,5-8H2. The summed E-state index contributed by atoms with van der Waals surface area (Å²) in [7, 11) is 0. The first-order valence-corrected chi connectivity index (χ1v) is 5.61. The van der Waals surface area contributed by atoms with Gasteiger partial charge in [0, 0.05) is 18.7 Å². The molecule has 0 radical (unpaired) electrons. The number of para-hydroxylation sites is 1. The number of phenols is 1. The van der Waals surface area contributed by atoms with Gasteiger partial charge in [0.2, 0.25) is 6.41 Å². The van der Waals surface area contributed by atoms with Gasteiger partial charge in [-0.05, 0) is 18.9 Å². The molecule has 1 saturated heterocycles. The molecule has 1 amide bonds. The summed E-state index contributed by atoms with van der Waals surface area (Å²) in [5.41, 5.74) is 0.0123. The molecule has 4 nitrogen and oxygen atoms in total. The molecule has 0 atom stereocenters. The normalized spacial score (nSPS) is 18.4. The van der Waals surface area contributed by atoms with E-state index in [9.17, 15) is 15.2 Å². The van der Waals surface area contributed by atoms with Gasteiger partial charge in [-0.1, -0.05) is 18.2 Å². The molecule has 0 unspecified atom stereocenters. The third kappa shape index (κ3) is 1.96. The van der Waals surface area contributed by atoms with E-state index in [4.69, 9.17) is 0 Å². The van der Waals surface area contributed by atoms with Gasteiger partial charge in [0.25, 0.3) is 0 Å². The average molecular weight is 230 g/mol. The number of carbonyl (C=O) groups is 1. The summed E-state index contributed by atoms with van der Waals surface area (Å²) in [5, 5.41) is 19.3. The molecule has 88 valence electrons. The fourth-order valence-electron chi connectivity index (χ4n) is 2.33. The molecule has 1 aromatic rings. The lowest BCUT2D eigenvalue weighted by atomic mass is 9.74. The minimum absolute atomic E-state index is 0.161. The number of nitriles is 1. The molecule has 0 saturated carbocycles. The van der Waals surface area contributed by atoms with Crippen molar-refractivity contribution in [3.8, 4) is 11.8 Å². The topological polar surface area (TPSA) is 64.3 Å². The summed E-state index contributed by atoms with van der Waals surface area (Å²) in [6.07, 6.45) is 1.95. The van der Waals surface area contributed by atoms with Crippen molar-refractivity contribution in [2.24, 2.45) is 0 Å². The molecule has 2 rings (SSSR count). The van der Waals surface area contributed by atoms with Crippen LogP contribution in [0.5, 0.6) is 5.75 Å². The van der Waals surface area contributed by atoms with Crippen LogP contribution in [0.1, 0.15) is 18.4 Å². The first kappa shape index (κ1) is 11.5. The van der Waals surface area contributed by atoms with Gasteiger partial charge < -0.3 is 10.0 Å². The van der Waals surface area contributed by atoms with Crippen LogP contribution in [0.15, 0.2) is 24.3 Å². The van der Waals surface area contributed by atoms with Crippen LogP contribution in [-0.2, 0) is 10.2 Å². The van der Waals surface area contributed by atoms with Crippen LogP contribution in [0.2, 0.25) is 0 Å². The number of aromatic hydroxyl groups is 1. The van der Waals surface area contributed by atoms with Crippen molar-refractivity contribution in [3.05, 3.63) is 29.8 Å². The van der Waals surface area contributed by atoms with Crippen LogP contribution in [0.4, 0.5) is 0 Å². The van der Waals surface area contributed by atoms with Crippen molar-refractivity contribution in [3.63, 3.8) is 0 Å². The molecule has 17 heavy (non-hydrogen) atoms. The number of amides is 1. The van der Waals surface area contributed by atoms with E-state index in [1.807, 2.05) is 6.07 Å². The van der Waals surface area contributed by atoms with E-state index < -0.39 is 5.41 Å². The molecule has 0 aromatic heterocycles. The number of benzene rings is 1. The molecule has 1 N–H and O–H groups in total. The van der Waals surface area contributed by atoms with Crippen molar-refractivity contribution in [1.29, 1.82) is 5.26 Å². The van der Waals surface area contributed by atoms with E-state index in [-0.39, 0.29) is 5.75 Å². The van der Waals surface area contributed by atoms with Crippen molar-refractivity contribution in [1.82, 2.24) is 4.90 Å². The summed E-state index contributed by atoms with van der Waals surface area (Å²) in [6, 6.07) is 9.26. The molecular weight excluding hydrogens is 216 g/mol. The number of hydrogen-bond donors (Lipinski definition) is 1. The minimum atomic E-state index is -0.662. The predicted molar refractivity (Wildman–Crippen MR) is 62.3 cm³/mol. The second-order valence-corrected chi connectivity index (χ2v) is 4.35. The highest BCUT2D eigenvalue weighted by molar-refractivity contribution is 5.49. The number of hydrogen-bond acceptors (Lipinski definition) is 3. The first-order chi connectivity index (χ1) is 8.22. The number of piperidine rings is 1. The Morgan fingerprint density at radius 2 is 2.00 bits per heavy atom. The van der Waals surface area contributed by atoms with Crippen LogP contribution in [0.25, 0.3) is 0 Å². The quantitative estimate of drug-likeness (QED) is 0.781. The van der Waals surface area contributed by atoms with Gasteiger partial charge in [-0.25, -0.2) is 0 Å². The first-order valence-electron chi connectivity index (χ1n) is 5.61. The van der Waals surface area contributed by atoms with Crippen molar-refractivity contribution < 1.29 is 9.90 Å². The maximum Gasteiger partial charge on any atom is 0.209 e. The Balaban J connectivity index is 2.32. The second kappa shape index (κ2) is 4.46. The largest absolute Gasteiger partial charge is 0.508 e. The summed E-state index contributed by atoms with van der Waals surface area (Å²) in [4.78, 5) is 12.3. The molecule has 1 fully saturated rings.